The number of Topliss-reactive ketones (excluding diaryl/α,β-unsaturated/α-hetero) is 1. The summed E-state index contributed by atoms with van der Waals surface area (Å²) in [7, 11) is 1.60. The van der Waals surface area contributed by atoms with Crippen molar-refractivity contribution >= 4 is 5.78 Å². The SMILES string of the molecule is COCCOCCOCCOCCOc1ccc(C(=O)C(F)(F)F)cc1. The van der Waals surface area contributed by atoms with Gasteiger partial charge in [-0.2, -0.15) is 13.2 Å². The molecule has 0 atom stereocenters. The molecule has 0 radical (unpaired) electrons. The molecule has 0 unspecified atom stereocenters. The van der Waals surface area contributed by atoms with Crippen LogP contribution >= 0.6 is 0 Å². The molecule has 0 aromatic heterocycles. The molecule has 0 amide bonds. The fourth-order valence-corrected chi connectivity index (χ4v) is 1.77. The predicted octanol–water partition coefficient (Wildman–Crippen LogP) is 2.51. The third kappa shape index (κ3) is 9.71. The molecule has 26 heavy (non-hydrogen) atoms. The van der Waals surface area contributed by atoms with Gasteiger partial charge in [-0.15, -0.1) is 0 Å². The van der Waals surface area contributed by atoms with E-state index in [0.29, 0.717) is 52.0 Å². The van der Waals surface area contributed by atoms with E-state index in [9.17, 15) is 18.0 Å². The van der Waals surface area contributed by atoms with Crippen molar-refractivity contribution in [3.63, 3.8) is 0 Å². The molecule has 1 aromatic carbocycles. The normalized spacial score (nSPS) is 11.5. The van der Waals surface area contributed by atoms with E-state index in [2.05, 4.69) is 0 Å². The van der Waals surface area contributed by atoms with Gasteiger partial charge in [-0.25, -0.2) is 0 Å². The standard InChI is InChI=1S/C17H23F3O6/c1-22-6-7-23-8-9-24-10-11-25-12-13-26-15-4-2-14(3-5-15)16(21)17(18,19)20/h2-5H,6-13H2,1H3. The highest BCUT2D eigenvalue weighted by molar-refractivity contribution is 6.00. The Hall–Kier alpha value is -1.68. The van der Waals surface area contributed by atoms with Gasteiger partial charge in [0.2, 0.25) is 0 Å². The van der Waals surface area contributed by atoms with Gasteiger partial charge in [-0.1, -0.05) is 0 Å². The van der Waals surface area contributed by atoms with Crippen LogP contribution in [0.15, 0.2) is 24.3 Å². The summed E-state index contributed by atoms with van der Waals surface area (Å²) in [5.41, 5.74) is -0.426. The summed E-state index contributed by atoms with van der Waals surface area (Å²) >= 11 is 0. The number of halogens is 3. The maximum atomic E-state index is 12.3. The Kier molecular flexibility index (Phi) is 10.9. The van der Waals surface area contributed by atoms with Gasteiger partial charge in [0.1, 0.15) is 12.4 Å². The Morgan fingerprint density at radius 1 is 0.808 bits per heavy atom. The van der Waals surface area contributed by atoms with Gasteiger partial charge in [-0.05, 0) is 24.3 Å². The van der Waals surface area contributed by atoms with Crippen molar-refractivity contribution in [3.05, 3.63) is 29.8 Å². The Morgan fingerprint density at radius 3 is 1.73 bits per heavy atom. The van der Waals surface area contributed by atoms with Crippen LogP contribution in [0, 0.1) is 0 Å². The number of ketones is 1. The first-order valence-corrected chi connectivity index (χ1v) is 8.01. The highest BCUT2D eigenvalue weighted by Crippen LogP contribution is 2.22. The van der Waals surface area contributed by atoms with E-state index >= 15 is 0 Å². The molecule has 0 bridgehead atoms. The average molecular weight is 380 g/mol. The van der Waals surface area contributed by atoms with Crippen LogP contribution in [-0.2, 0) is 18.9 Å². The number of carbonyl (C=O) groups excluding carboxylic acids is 1. The molecule has 0 saturated heterocycles. The lowest BCUT2D eigenvalue weighted by Gasteiger charge is -2.09. The number of ether oxygens (including phenoxy) is 5. The second-order valence-electron chi connectivity index (χ2n) is 5.03. The fourth-order valence-electron chi connectivity index (χ4n) is 1.77. The zero-order valence-corrected chi connectivity index (χ0v) is 14.5. The predicted molar refractivity (Wildman–Crippen MR) is 86.7 cm³/mol. The van der Waals surface area contributed by atoms with Crippen molar-refractivity contribution in [2.75, 3.05) is 60.0 Å². The summed E-state index contributed by atoms with van der Waals surface area (Å²) < 4.78 is 62.8. The quantitative estimate of drug-likeness (QED) is 0.365. The van der Waals surface area contributed by atoms with Crippen molar-refractivity contribution < 1.29 is 41.7 Å². The number of benzene rings is 1. The zero-order valence-electron chi connectivity index (χ0n) is 14.5. The molecule has 0 spiro atoms. The van der Waals surface area contributed by atoms with E-state index in [-0.39, 0.29) is 6.61 Å². The van der Waals surface area contributed by atoms with Crippen LogP contribution in [0.1, 0.15) is 10.4 Å². The molecule has 0 saturated carbocycles. The first kappa shape index (κ1) is 22.4. The van der Waals surface area contributed by atoms with Crippen molar-refractivity contribution in [2.24, 2.45) is 0 Å². The van der Waals surface area contributed by atoms with Gasteiger partial charge in [0, 0.05) is 12.7 Å². The smallest absolute Gasteiger partial charge is 0.454 e. The maximum absolute atomic E-state index is 12.3. The minimum absolute atomic E-state index is 0.229. The number of hydrogen-bond donors (Lipinski definition) is 0. The lowest BCUT2D eigenvalue weighted by atomic mass is 10.1. The Bertz CT molecular complexity index is 504. The molecule has 6 nitrogen and oxygen atoms in total. The van der Waals surface area contributed by atoms with Crippen LogP contribution in [0.4, 0.5) is 13.2 Å². The summed E-state index contributed by atoms with van der Waals surface area (Å²) in [5, 5.41) is 0. The second kappa shape index (κ2) is 12.6. The highest BCUT2D eigenvalue weighted by Gasteiger charge is 2.39. The van der Waals surface area contributed by atoms with Crippen molar-refractivity contribution in [1.29, 1.82) is 0 Å². The summed E-state index contributed by atoms with van der Waals surface area (Å²) in [6, 6.07) is 4.78. The molecular weight excluding hydrogens is 357 g/mol. The van der Waals surface area contributed by atoms with E-state index in [1.165, 1.54) is 12.1 Å². The van der Waals surface area contributed by atoms with E-state index in [4.69, 9.17) is 23.7 Å². The molecule has 148 valence electrons. The molecule has 1 aromatic rings. The molecule has 1 rings (SSSR count). The minimum Gasteiger partial charge on any atom is -0.491 e. The first-order chi connectivity index (χ1) is 12.4. The van der Waals surface area contributed by atoms with Crippen LogP contribution < -0.4 is 4.74 Å². The summed E-state index contributed by atoms with van der Waals surface area (Å²) in [5.74, 6) is -1.52. The van der Waals surface area contributed by atoms with Crippen molar-refractivity contribution in [3.8, 4) is 5.75 Å². The van der Waals surface area contributed by atoms with Crippen LogP contribution in [-0.4, -0.2) is 71.9 Å². The lowest BCUT2D eigenvalue weighted by Crippen LogP contribution is -2.22. The van der Waals surface area contributed by atoms with Crippen LogP contribution in [0.5, 0.6) is 5.75 Å². The van der Waals surface area contributed by atoms with Gasteiger partial charge in [-0.3, -0.25) is 4.79 Å². The molecular formula is C17H23F3O6. The summed E-state index contributed by atoms with van der Waals surface area (Å²) in [4.78, 5) is 11.0. The first-order valence-electron chi connectivity index (χ1n) is 8.01. The number of methoxy groups -OCH3 is 1. The molecule has 0 aliphatic carbocycles. The molecule has 9 heteroatoms. The Labute approximate surface area is 150 Å². The zero-order chi connectivity index (χ0) is 19.3. The summed E-state index contributed by atoms with van der Waals surface area (Å²) in [6.45, 7) is 3.36. The van der Waals surface area contributed by atoms with E-state index in [0.717, 1.165) is 12.1 Å². The van der Waals surface area contributed by atoms with E-state index in [1.54, 1.807) is 7.11 Å². The van der Waals surface area contributed by atoms with Crippen LogP contribution in [0.25, 0.3) is 0 Å². The monoisotopic (exact) mass is 380 g/mol. The number of hydrogen-bond acceptors (Lipinski definition) is 6. The second-order valence-corrected chi connectivity index (χ2v) is 5.03. The maximum Gasteiger partial charge on any atom is 0.454 e. The highest BCUT2D eigenvalue weighted by atomic mass is 19.4. The number of carbonyl (C=O) groups is 1. The van der Waals surface area contributed by atoms with Crippen molar-refractivity contribution in [2.45, 2.75) is 6.18 Å². The van der Waals surface area contributed by atoms with Gasteiger partial charge >= 0.3 is 6.18 Å². The van der Waals surface area contributed by atoms with E-state index in [1.807, 2.05) is 0 Å². The molecule has 0 N–H and O–H groups in total. The van der Waals surface area contributed by atoms with Gasteiger partial charge in [0.05, 0.1) is 46.2 Å². The fraction of sp³-hybridized carbons (Fsp3) is 0.588. The Balaban J connectivity index is 2.04. The largest absolute Gasteiger partial charge is 0.491 e. The average Bonchev–Trinajstić information content (AvgIpc) is 2.62. The lowest BCUT2D eigenvalue weighted by molar-refractivity contribution is -0.0885. The van der Waals surface area contributed by atoms with Crippen LogP contribution in [0.2, 0.25) is 0 Å². The van der Waals surface area contributed by atoms with Gasteiger partial charge < -0.3 is 23.7 Å². The molecule has 0 heterocycles. The minimum atomic E-state index is -4.88. The number of alkyl halides is 3. The van der Waals surface area contributed by atoms with Gasteiger partial charge in [0.15, 0.2) is 0 Å². The number of rotatable bonds is 14. The molecule has 0 aliphatic heterocycles. The van der Waals surface area contributed by atoms with Gasteiger partial charge in [0.25, 0.3) is 5.78 Å². The topological polar surface area (TPSA) is 63.2 Å². The Morgan fingerprint density at radius 2 is 1.27 bits per heavy atom. The molecule has 0 aliphatic rings. The third-order valence-corrected chi connectivity index (χ3v) is 3.05. The summed E-state index contributed by atoms with van der Waals surface area (Å²) in [6.07, 6.45) is -4.88. The van der Waals surface area contributed by atoms with Crippen molar-refractivity contribution in [1.82, 2.24) is 0 Å². The van der Waals surface area contributed by atoms with E-state index < -0.39 is 17.5 Å². The third-order valence-electron chi connectivity index (χ3n) is 3.05. The van der Waals surface area contributed by atoms with Crippen LogP contribution in [0.3, 0.4) is 0 Å². The molecule has 0 fully saturated rings.